The first-order valence-electron chi connectivity index (χ1n) is 16.2. The Bertz CT molecular complexity index is 2730. The highest BCUT2D eigenvalue weighted by atomic mass is 32.2. The monoisotopic (exact) mass is 756 g/mol. The molecule has 0 atom stereocenters. The summed E-state index contributed by atoms with van der Waals surface area (Å²) in [5, 5.41) is 39.9. The Morgan fingerprint density at radius 2 is 0.870 bits per heavy atom. The lowest BCUT2D eigenvalue weighted by atomic mass is 9.71. The van der Waals surface area contributed by atoms with Crippen molar-refractivity contribution in [1.82, 2.24) is 0 Å². The number of benzene rings is 7. The van der Waals surface area contributed by atoms with Crippen molar-refractivity contribution >= 4 is 53.2 Å². The molecule has 0 saturated heterocycles. The lowest BCUT2D eigenvalue weighted by Crippen LogP contribution is -2.25. The summed E-state index contributed by atoms with van der Waals surface area (Å²) in [6, 6.07) is 36.6. The smallest absolute Gasteiger partial charge is 0.426 e. The summed E-state index contributed by atoms with van der Waals surface area (Å²) in [6.07, 6.45) is 0. The first-order chi connectivity index (χ1) is 25.9. The van der Waals surface area contributed by atoms with Crippen molar-refractivity contribution in [1.29, 1.82) is 10.8 Å². The van der Waals surface area contributed by atoms with Gasteiger partial charge >= 0.3 is 31.6 Å². The maximum absolute atomic E-state index is 13.5. The van der Waals surface area contributed by atoms with Crippen LogP contribution in [0.15, 0.2) is 149 Å². The summed E-state index contributed by atoms with van der Waals surface area (Å²) in [7, 11) is -8.76. The van der Waals surface area contributed by atoms with Crippen LogP contribution in [0.4, 0.5) is 11.4 Å². The topological polar surface area (TPSA) is 184 Å². The number of rotatable bonds is 9. The second-order valence-electron chi connectivity index (χ2n) is 12.4. The number of fused-ring (bicyclic) bond motifs is 2. The van der Waals surface area contributed by atoms with E-state index in [2.05, 4.69) is 9.95 Å². The van der Waals surface area contributed by atoms with E-state index in [-0.39, 0.29) is 65.7 Å². The van der Waals surface area contributed by atoms with Gasteiger partial charge in [-0.15, -0.1) is 0 Å². The van der Waals surface area contributed by atoms with Gasteiger partial charge in [0.05, 0.1) is 0 Å². The van der Waals surface area contributed by atoms with Gasteiger partial charge in [-0.05, 0) is 72.1 Å². The molecule has 0 aliphatic rings. The zero-order chi connectivity index (χ0) is 38.3. The number of aromatic hydroxyl groups is 2. The second-order valence-corrected chi connectivity index (χ2v) is 15.4. The predicted molar refractivity (Wildman–Crippen MR) is 201 cm³/mol. The Morgan fingerprint density at radius 1 is 0.481 bits per heavy atom. The minimum atomic E-state index is -4.38. The summed E-state index contributed by atoms with van der Waals surface area (Å²) >= 11 is 0. The summed E-state index contributed by atoms with van der Waals surface area (Å²) in [5.74, 6) is -0.678. The molecule has 54 heavy (non-hydrogen) atoms. The Hall–Kier alpha value is -7.00. The molecule has 0 aromatic heterocycles. The van der Waals surface area contributed by atoms with Gasteiger partial charge in [-0.3, -0.25) is 0 Å². The van der Waals surface area contributed by atoms with Gasteiger partial charge in [0.2, 0.25) is 22.3 Å². The molecule has 0 aliphatic heterocycles. The fraction of sp³-hybridized carbons (Fsp3) is 0.0500. The maximum Gasteiger partial charge on any atom is 0.426 e. The Morgan fingerprint density at radius 3 is 1.26 bits per heavy atom. The van der Waals surface area contributed by atoms with E-state index in [1.165, 1.54) is 84.9 Å². The summed E-state index contributed by atoms with van der Waals surface area (Å²) in [4.78, 5) is 5.67. The van der Waals surface area contributed by atoms with E-state index in [4.69, 9.17) is 19.2 Å². The number of phenolic OH excluding ortho intramolecular Hbond substituents is 2. The van der Waals surface area contributed by atoms with Crippen LogP contribution in [-0.4, -0.2) is 27.0 Å². The molecule has 266 valence electrons. The molecule has 7 rings (SSSR count). The molecule has 0 amide bonds. The fourth-order valence-corrected chi connectivity index (χ4v) is 8.80. The summed E-state index contributed by atoms with van der Waals surface area (Å²) in [6.45, 7) is 1.98. The molecule has 2 N–H and O–H groups in total. The van der Waals surface area contributed by atoms with Crippen molar-refractivity contribution in [2.75, 3.05) is 0 Å². The van der Waals surface area contributed by atoms with Crippen LogP contribution < -0.4 is 8.37 Å². The third kappa shape index (κ3) is 6.15. The van der Waals surface area contributed by atoms with Crippen molar-refractivity contribution in [2.45, 2.75) is 22.1 Å². The Kier molecular flexibility index (Phi) is 8.87. The number of hydrogen-bond donors (Lipinski definition) is 2. The van der Waals surface area contributed by atoms with Crippen LogP contribution in [0.2, 0.25) is 0 Å². The van der Waals surface area contributed by atoms with Crippen LogP contribution in [0.1, 0.15) is 23.6 Å². The average molecular weight is 757 g/mol. The number of nitrogens with zero attached hydrogens (tertiary/aromatic N) is 4. The maximum atomic E-state index is 13.5. The predicted octanol–water partition coefficient (Wildman–Crippen LogP) is 9.26. The van der Waals surface area contributed by atoms with E-state index in [0.29, 0.717) is 0 Å². The van der Waals surface area contributed by atoms with Gasteiger partial charge in [0.25, 0.3) is 0 Å². The average Bonchev–Trinajstić information content (AvgIpc) is 3.18. The van der Waals surface area contributed by atoms with Crippen molar-refractivity contribution < 1.29 is 35.4 Å². The van der Waals surface area contributed by atoms with Crippen molar-refractivity contribution in [2.24, 2.45) is 0 Å². The highest BCUT2D eigenvalue weighted by Crippen LogP contribution is 2.42. The highest BCUT2D eigenvalue weighted by molar-refractivity contribution is 7.87. The molecule has 0 spiro atoms. The molecule has 12 nitrogen and oxygen atoms in total. The molecular formula is C40H28N4O8S2+2. The van der Waals surface area contributed by atoms with Gasteiger partial charge in [-0.25, -0.2) is 0 Å². The molecule has 7 aromatic carbocycles. The lowest BCUT2D eigenvalue weighted by molar-refractivity contribution is 0.482. The fourth-order valence-electron chi connectivity index (χ4n) is 6.50. The molecular weight excluding hydrogens is 729 g/mol. The van der Waals surface area contributed by atoms with Crippen LogP contribution in [0.25, 0.3) is 31.5 Å². The van der Waals surface area contributed by atoms with E-state index < -0.39 is 25.7 Å². The molecule has 7 aromatic rings. The molecule has 0 bridgehead atoms. The first-order valence-corrected chi connectivity index (χ1v) is 19.0. The quantitative estimate of drug-likeness (QED) is 0.0818. The van der Waals surface area contributed by atoms with Gasteiger partial charge < -0.3 is 18.6 Å². The van der Waals surface area contributed by atoms with E-state index >= 15 is 0 Å². The normalized spacial score (nSPS) is 11.8. The summed E-state index contributed by atoms with van der Waals surface area (Å²) < 4.78 is 65.0. The van der Waals surface area contributed by atoms with Gasteiger partial charge in [-0.1, -0.05) is 78.9 Å². The number of phenols is 2. The lowest BCUT2D eigenvalue weighted by Gasteiger charge is -2.32. The highest BCUT2D eigenvalue weighted by Gasteiger charge is 2.32. The zero-order valence-corrected chi connectivity index (χ0v) is 29.9. The standard InChI is InChI=1S/C40H26N4O8S2/c1-40(25-7-3-2-4-8-25,26-13-17-28(18-14-26)51-53(47,48)36-11-5-9-32-30(36)21-23-34(43-41)38(32)45)27-15-19-29(20-16-27)52-54(49,50)37-12-6-10-33-31(37)22-24-35(44-42)39(33)46/h2-24H,1H3/p+2. The van der Waals surface area contributed by atoms with Crippen LogP contribution in [0.3, 0.4) is 0 Å². The van der Waals surface area contributed by atoms with Gasteiger partial charge in [-0.2, -0.15) is 16.8 Å². The molecule has 0 fully saturated rings. The summed E-state index contributed by atoms with van der Waals surface area (Å²) in [5.41, 5.74) is 1.38. The van der Waals surface area contributed by atoms with Gasteiger partial charge in [0.15, 0.2) is 9.95 Å². The molecule has 0 saturated carbocycles. The van der Waals surface area contributed by atoms with Gasteiger partial charge in [0, 0.05) is 39.1 Å². The largest absolute Gasteiger partial charge is 0.501 e. The first kappa shape index (κ1) is 35.4. The van der Waals surface area contributed by atoms with Gasteiger partial charge in [0.1, 0.15) is 21.3 Å². The van der Waals surface area contributed by atoms with Crippen LogP contribution in [-0.2, 0) is 25.7 Å². The van der Waals surface area contributed by atoms with E-state index in [1.807, 2.05) is 37.3 Å². The third-order valence-corrected chi connectivity index (χ3v) is 11.9. The number of diazo groups is 2. The molecule has 0 aliphatic carbocycles. The minimum absolute atomic E-state index is 0.0371. The zero-order valence-electron chi connectivity index (χ0n) is 28.2. The minimum Gasteiger partial charge on any atom is -0.501 e. The SMILES string of the molecule is CC(c1ccccc1)(c1ccc(OS(=O)(=O)c2cccc3c(O)c([N+]#N)ccc23)cc1)c1ccc(OS(=O)(=O)c2cccc3c(O)c([N+]#N)ccc23)cc1. The second kappa shape index (κ2) is 13.5. The Balaban J connectivity index is 1.19. The van der Waals surface area contributed by atoms with Crippen molar-refractivity contribution in [3.63, 3.8) is 0 Å². The van der Waals surface area contributed by atoms with E-state index in [0.717, 1.165) is 16.7 Å². The van der Waals surface area contributed by atoms with E-state index in [9.17, 15) is 27.0 Å². The van der Waals surface area contributed by atoms with Crippen molar-refractivity contribution in [3.05, 3.63) is 166 Å². The van der Waals surface area contributed by atoms with Crippen molar-refractivity contribution in [3.8, 4) is 23.0 Å². The number of hydrogen-bond acceptors (Lipinski definition) is 10. The molecule has 0 unspecified atom stereocenters. The van der Waals surface area contributed by atoms with Crippen LogP contribution in [0, 0.1) is 10.8 Å². The molecule has 0 radical (unpaired) electrons. The molecule has 0 heterocycles. The van der Waals surface area contributed by atoms with Crippen LogP contribution >= 0.6 is 0 Å². The Labute approximate surface area is 309 Å². The third-order valence-electron chi connectivity index (χ3n) is 9.32. The van der Waals surface area contributed by atoms with E-state index in [1.54, 1.807) is 24.3 Å². The molecule has 14 heteroatoms. The van der Waals surface area contributed by atoms with Crippen LogP contribution in [0.5, 0.6) is 23.0 Å².